The zero-order valence-corrected chi connectivity index (χ0v) is 19.8. The summed E-state index contributed by atoms with van der Waals surface area (Å²) in [6.07, 6.45) is 2.00. The largest absolute Gasteiger partial charge is 0.497 e. The van der Waals surface area contributed by atoms with Gasteiger partial charge in [0.2, 0.25) is 0 Å². The standard InChI is InChI=1S/C28H33N3O2/c1-20-7-4-5-9-24(20)18-29-28(32)26-12-11-21(2)30-27(26)23-13-15-31(16-14-23)19-22-8-6-10-25(17-22)33-3/h4-12,17,23H,13-16,18-19H2,1-3H3,(H,29,32). The van der Waals surface area contributed by atoms with Gasteiger partial charge in [-0.05, 0) is 80.7 Å². The molecule has 1 N–H and O–H groups in total. The van der Waals surface area contributed by atoms with E-state index < -0.39 is 0 Å². The predicted molar refractivity (Wildman–Crippen MR) is 132 cm³/mol. The summed E-state index contributed by atoms with van der Waals surface area (Å²) in [5, 5.41) is 3.11. The zero-order valence-electron chi connectivity index (χ0n) is 19.8. The lowest BCUT2D eigenvalue weighted by atomic mass is 9.89. The summed E-state index contributed by atoms with van der Waals surface area (Å²) in [6, 6.07) is 20.3. The Bertz CT molecular complexity index is 1100. The molecule has 0 unspecified atom stereocenters. The van der Waals surface area contributed by atoms with E-state index in [2.05, 4.69) is 41.4 Å². The van der Waals surface area contributed by atoms with E-state index in [4.69, 9.17) is 9.72 Å². The molecule has 1 fully saturated rings. The molecule has 3 aromatic rings. The molecule has 1 aliphatic heterocycles. The molecule has 0 atom stereocenters. The maximum atomic E-state index is 13.1. The molecule has 1 aromatic heterocycles. The fourth-order valence-electron chi connectivity index (χ4n) is 4.55. The van der Waals surface area contributed by atoms with Crippen LogP contribution >= 0.6 is 0 Å². The van der Waals surface area contributed by atoms with Crippen LogP contribution in [-0.2, 0) is 13.1 Å². The fraction of sp³-hybridized carbons (Fsp3) is 0.357. The predicted octanol–water partition coefficient (Wildman–Crippen LogP) is 5.02. The Hall–Kier alpha value is -3.18. The van der Waals surface area contributed by atoms with Crippen LogP contribution in [-0.4, -0.2) is 36.0 Å². The van der Waals surface area contributed by atoms with Gasteiger partial charge in [-0.15, -0.1) is 0 Å². The van der Waals surface area contributed by atoms with Crippen molar-refractivity contribution in [1.29, 1.82) is 0 Å². The molecular weight excluding hydrogens is 410 g/mol. The fourth-order valence-corrected chi connectivity index (χ4v) is 4.55. The van der Waals surface area contributed by atoms with Gasteiger partial charge in [-0.3, -0.25) is 14.7 Å². The number of carbonyl (C=O) groups excluding carboxylic acids is 1. The van der Waals surface area contributed by atoms with Gasteiger partial charge >= 0.3 is 0 Å². The number of carbonyl (C=O) groups is 1. The lowest BCUT2D eigenvalue weighted by Crippen LogP contribution is -2.34. The van der Waals surface area contributed by atoms with Crippen LogP contribution in [0.4, 0.5) is 0 Å². The molecule has 2 heterocycles. The van der Waals surface area contributed by atoms with Crippen molar-refractivity contribution in [2.24, 2.45) is 0 Å². The van der Waals surface area contributed by atoms with Crippen molar-refractivity contribution in [3.63, 3.8) is 0 Å². The Labute approximate surface area is 196 Å². The molecule has 1 aliphatic rings. The van der Waals surface area contributed by atoms with E-state index in [-0.39, 0.29) is 5.91 Å². The second-order valence-corrected chi connectivity index (χ2v) is 8.90. The minimum atomic E-state index is -0.0421. The van der Waals surface area contributed by atoms with Crippen molar-refractivity contribution in [2.45, 2.75) is 45.7 Å². The molecule has 0 radical (unpaired) electrons. The number of aryl methyl sites for hydroxylation is 2. The van der Waals surface area contributed by atoms with Crippen LogP contribution in [0, 0.1) is 13.8 Å². The van der Waals surface area contributed by atoms with Gasteiger partial charge in [0.1, 0.15) is 5.75 Å². The number of nitrogens with zero attached hydrogens (tertiary/aromatic N) is 2. The average Bonchev–Trinajstić information content (AvgIpc) is 2.84. The van der Waals surface area contributed by atoms with Gasteiger partial charge in [-0.2, -0.15) is 0 Å². The molecule has 0 spiro atoms. The molecule has 5 heteroatoms. The van der Waals surface area contributed by atoms with Crippen LogP contribution in [0.3, 0.4) is 0 Å². The highest BCUT2D eigenvalue weighted by molar-refractivity contribution is 5.95. The molecule has 33 heavy (non-hydrogen) atoms. The minimum absolute atomic E-state index is 0.0421. The third kappa shape index (κ3) is 5.79. The highest BCUT2D eigenvalue weighted by atomic mass is 16.5. The molecule has 1 amide bonds. The van der Waals surface area contributed by atoms with Crippen molar-refractivity contribution in [3.8, 4) is 5.75 Å². The number of pyridine rings is 1. The molecule has 5 nitrogen and oxygen atoms in total. The van der Waals surface area contributed by atoms with E-state index in [1.165, 1.54) is 11.1 Å². The van der Waals surface area contributed by atoms with E-state index in [0.717, 1.165) is 55.2 Å². The first-order valence-corrected chi connectivity index (χ1v) is 11.7. The average molecular weight is 444 g/mol. The molecule has 1 saturated heterocycles. The van der Waals surface area contributed by atoms with Crippen LogP contribution in [0.15, 0.2) is 60.7 Å². The maximum absolute atomic E-state index is 13.1. The highest BCUT2D eigenvalue weighted by Gasteiger charge is 2.26. The number of methoxy groups -OCH3 is 1. The Morgan fingerprint density at radius 3 is 2.61 bits per heavy atom. The van der Waals surface area contributed by atoms with Gasteiger partial charge < -0.3 is 10.1 Å². The summed E-state index contributed by atoms with van der Waals surface area (Å²) in [5.41, 5.74) is 6.19. The Morgan fingerprint density at radius 1 is 1.06 bits per heavy atom. The highest BCUT2D eigenvalue weighted by Crippen LogP contribution is 2.30. The van der Waals surface area contributed by atoms with E-state index in [1.807, 2.05) is 43.3 Å². The normalized spacial score (nSPS) is 14.8. The van der Waals surface area contributed by atoms with Crippen molar-refractivity contribution in [1.82, 2.24) is 15.2 Å². The number of amides is 1. The van der Waals surface area contributed by atoms with E-state index in [1.54, 1.807) is 7.11 Å². The number of hydrogen-bond acceptors (Lipinski definition) is 4. The number of nitrogens with one attached hydrogen (secondary N) is 1. The lowest BCUT2D eigenvalue weighted by molar-refractivity contribution is 0.0948. The van der Waals surface area contributed by atoms with E-state index in [9.17, 15) is 4.79 Å². The Morgan fingerprint density at radius 2 is 1.85 bits per heavy atom. The van der Waals surface area contributed by atoms with Gasteiger partial charge in [-0.1, -0.05) is 36.4 Å². The van der Waals surface area contributed by atoms with Gasteiger partial charge in [0.15, 0.2) is 0 Å². The monoisotopic (exact) mass is 443 g/mol. The first-order chi connectivity index (χ1) is 16.0. The molecule has 172 valence electrons. The topological polar surface area (TPSA) is 54.5 Å². The second-order valence-electron chi connectivity index (χ2n) is 8.90. The molecular formula is C28H33N3O2. The van der Waals surface area contributed by atoms with Crippen molar-refractivity contribution in [2.75, 3.05) is 20.2 Å². The van der Waals surface area contributed by atoms with Gasteiger partial charge in [0, 0.05) is 24.7 Å². The van der Waals surface area contributed by atoms with Crippen LogP contribution in [0.1, 0.15) is 57.2 Å². The van der Waals surface area contributed by atoms with E-state index >= 15 is 0 Å². The molecule has 0 saturated carbocycles. The van der Waals surface area contributed by atoms with Gasteiger partial charge in [0.05, 0.1) is 18.4 Å². The SMILES string of the molecule is COc1cccc(CN2CCC(c3nc(C)ccc3C(=O)NCc3ccccc3C)CC2)c1. The second kappa shape index (κ2) is 10.6. The summed E-state index contributed by atoms with van der Waals surface area (Å²) in [4.78, 5) is 20.4. The number of benzene rings is 2. The number of hydrogen-bond donors (Lipinski definition) is 1. The summed E-state index contributed by atoms with van der Waals surface area (Å²) in [5.74, 6) is 1.15. The maximum Gasteiger partial charge on any atom is 0.253 e. The van der Waals surface area contributed by atoms with Crippen LogP contribution in [0.5, 0.6) is 5.75 Å². The van der Waals surface area contributed by atoms with Gasteiger partial charge in [0.25, 0.3) is 5.91 Å². The summed E-state index contributed by atoms with van der Waals surface area (Å²) in [7, 11) is 1.70. The van der Waals surface area contributed by atoms with Crippen LogP contribution in [0.25, 0.3) is 0 Å². The number of aromatic nitrogens is 1. The number of piperidine rings is 1. The molecule has 0 bridgehead atoms. The van der Waals surface area contributed by atoms with Crippen LogP contribution < -0.4 is 10.1 Å². The van der Waals surface area contributed by atoms with E-state index in [0.29, 0.717) is 18.0 Å². The minimum Gasteiger partial charge on any atom is -0.497 e. The lowest BCUT2D eigenvalue weighted by Gasteiger charge is -2.32. The summed E-state index contributed by atoms with van der Waals surface area (Å²) in [6.45, 7) is 7.48. The zero-order chi connectivity index (χ0) is 23.2. The molecule has 4 rings (SSSR count). The Balaban J connectivity index is 1.41. The Kier molecular flexibility index (Phi) is 7.40. The summed E-state index contributed by atoms with van der Waals surface area (Å²) >= 11 is 0. The summed E-state index contributed by atoms with van der Waals surface area (Å²) < 4.78 is 5.36. The van der Waals surface area contributed by atoms with Crippen molar-refractivity contribution < 1.29 is 9.53 Å². The first kappa shape index (κ1) is 23.0. The van der Waals surface area contributed by atoms with Crippen molar-refractivity contribution in [3.05, 3.63) is 94.3 Å². The third-order valence-electron chi connectivity index (χ3n) is 6.52. The first-order valence-electron chi connectivity index (χ1n) is 11.7. The third-order valence-corrected chi connectivity index (χ3v) is 6.52. The number of rotatable bonds is 7. The molecule has 2 aromatic carbocycles. The van der Waals surface area contributed by atoms with Crippen molar-refractivity contribution >= 4 is 5.91 Å². The van der Waals surface area contributed by atoms with Gasteiger partial charge in [-0.25, -0.2) is 0 Å². The number of likely N-dealkylation sites (tertiary alicyclic amines) is 1. The molecule has 0 aliphatic carbocycles. The van der Waals surface area contributed by atoms with Crippen LogP contribution in [0.2, 0.25) is 0 Å². The number of ether oxygens (including phenoxy) is 1. The quantitative estimate of drug-likeness (QED) is 0.557. The smallest absolute Gasteiger partial charge is 0.253 e.